The highest BCUT2D eigenvalue weighted by Gasteiger charge is 2.21. The van der Waals surface area contributed by atoms with Gasteiger partial charge in [-0.25, -0.2) is 15.0 Å². The van der Waals surface area contributed by atoms with Crippen LogP contribution in [0.25, 0.3) is 83.4 Å². The fraction of sp³-hybridized carbons (Fsp3) is 0.105. The summed E-state index contributed by atoms with van der Waals surface area (Å²) in [5, 5.41) is 2.21. The SMILES string of the molecule is CC(C)(C)c1cc(-c2ccccc2)c2ccc3ccc(-c4ccc(C5C=CC(c6cc(-c7ccccc7)nc(-c7ccc(-c8ccccc8)cc7)c6)=CC5)cc4)nc3c2n1. The molecule has 0 fully saturated rings. The summed E-state index contributed by atoms with van der Waals surface area (Å²) in [7, 11) is 0. The van der Waals surface area contributed by atoms with Crippen LogP contribution in [0.1, 0.15) is 49.9 Å². The van der Waals surface area contributed by atoms with E-state index in [-0.39, 0.29) is 11.3 Å². The first-order valence-electron chi connectivity index (χ1n) is 20.9. The third-order valence-electron chi connectivity index (χ3n) is 11.7. The van der Waals surface area contributed by atoms with Gasteiger partial charge < -0.3 is 0 Å². The lowest BCUT2D eigenvalue weighted by molar-refractivity contribution is 0.572. The average Bonchev–Trinajstić information content (AvgIpc) is 3.31. The van der Waals surface area contributed by atoms with Crippen LogP contribution >= 0.6 is 0 Å². The van der Waals surface area contributed by atoms with Gasteiger partial charge in [0, 0.05) is 44.5 Å². The molecule has 1 atom stereocenters. The maximum Gasteiger partial charge on any atom is 0.0974 e. The zero-order valence-electron chi connectivity index (χ0n) is 34.2. The molecule has 60 heavy (non-hydrogen) atoms. The number of aromatic nitrogens is 3. The van der Waals surface area contributed by atoms with Crippen LogP contribution in [0.5, 0.6) is 0 Å². The molecule has 1 unspecified atom stereocenters. The van der Waals surface area contributed by atoms with E-state index in [4.69, 9.17) is 15.0 Å². The lowest BCUT2D eigenvalue weighted by Crippen LogP contribution is -2.14. The number of benzene rings is 6. The number of fused-ring (bicyclic) bond motifs is 3. The minimum Gasteiger partial charge on any atom is -0.250 e. The third kappa shape index (κ3) is 7.35. The molecule has 3 aromatic heterocycles. The Hall–Kier alpha value is -7.23. The standard InChI is InChI=1S/C57H45N3/c1-57(2,3)54-37-50(43-15-9-5-10-16-43)49-33-31-47-32-34-51(59-55(47)56(49)60-54)45-27-23-41(24-28-45)40-19-21-42(22-20-40)48-35-52(44-17-11-6-12-18-44)58-53(36-48)46-29-25-39(26-30-46)38-13-7-4-8-14-38/h4-19,21-37,40H,20H2,1-3H3. The van der Waals surface area contributed by atoms with Crippen LogP contribution in [0.2, 0.25) is 0 Å². The third-order valence-corrected chi connectivity index (χ3v) is 11.7. The molecule has 3 heterocycles. The van der Waals surface area contributed by atoms with Crippen molar-refractivity contribution >= 4 is 27.4 Å². The number of pyridine rings is 3. The van der Waals surface area contributed by atoms with E-state index in [1.54, 1.807) is 0 Å². The van der Waals surface area contributed by atoms with Crippen molar-refractivity contribution < 1.29 is 0 Å². The average molecular weight is 772 g/mol. The topological polar surface area (TPSA) is 38.7 Å². The molecule has 1 aliphatic carbocycles. The predicted molar refractivity (Wildman–Crippen MR) is 252 cm³/mol. The van der Waals surface area contributed by atoms with Crippen LogP contribution in [0.15, 0.2) is 200 Å². The molecule has 3 nitrogen and oxygen atoms in total. The summed E-state index contributed by atoms with van der Waals surface area (Å²) in [6.45, 7) is 6.68. The van der Waals surface area contributed by atoms with E-state index in [9.17, 15) is 0 Å². The van der Waals surface area contributed by atoms with Crippen LogP contribution in [0.3, 0.4) is 0 Å². The maximum atomic E-state index is 5.30. The van der Waals surface area contributed by atoms with E-state index in [0.29, 0.717) is 0 Å². The zero-order chi connectivity index (χ0) is 40.6. The summed E-state index contributed by atoms with van der Waals surface area (Å²) in [6, 6.07) is 64.7. The number of hydrogen-bond acceptors (Lipinski definition) is 3. The maximum absolute atomic E-state index is 5.30. The smallest absolute Gasteiger partial charge is 0.0974 e. The van der Waals surface area contributed by atoms with Gasteiger partial charge in [0.05, 0.1) is 28.1 Å². The molecule has 0 saturated carbocycles. The van der Waals surface area contributed by atoms with Crippen LogP contribution in [0.4, 0.5) is 0 Å². The van der Waals surface area contributed by atoms with Gasteiger partial charge >= 0.3 is 0 Å². The minimum atomic E-state index is -0.112. The molecule has 3 heteroatoms. The molecule has 9 aromatic rings. The second kappa shape index (κ2) is 15.5. The van der Waals surface area contributed by atoms with Crippen LogP contribution in [0, 0.1) is 0 Å². The molecule has 0 amide bonds. The lowest BCUT2D eigenvalue weighted by Gasteiger charge is -2.21. The van der Waals surface area contributed by atoms with Crippen molar-refractivity contribution in [2.75, 3.05) is 0 Å². The predicted octanol–water partition coefficient (Wildman–Crippen LogP) is 14.9. The molecule has 6 aromatic carbocycles. The van der Waals surface area contributed by atoms with Crippen LogP contribution < -0.4 is 0 Å². The van der Waals surface area contributed by atoms with Gasteiger partial charge in [-0.2, -0.15) is 0 Å². The fourth-order valence-corrected chi connectivity index (χ4v) is 8.32. The molecular weight excluding hydrogens is 727 g/mol. The normalized spacial score (nSPS) is 14.1. The minimum absolute atomic E-state index is 0.112. The second-order valence-electron chi connectivity index (χ2n) is 16.8. The largest absolute Gasteiger partial charge is 0.250 e. The molecule has 10 rings (SSSR count). The summed E-state index contributed by atoms with van der Waals surface area (Å²) in [4.78, 5) is 15.7. The van der Waals surface area contributed by atoms with E-state index >= 15 is 0 Å². The highest BCUT2D eigenvalue weighted by molar-refractivity contribution is 6.08. The van der Waals surface area contributed by atoms with E-state index in [0.717, 1.165) is 67.7 Å². The van der Waals surface area contributed by atoms with Crippen molar-refractivity contribution in [2.24, 2.45) is 0 Å². The van der Waals surface area contributed by atoms with E-state index < -0.39 is 0 Å². The van der Waals surface area contributed by atoms with Gasteiger partial charge in [-0.15, -0.1) is 0 Å². The summed E-state index contributed by atoms with van der Waals surface area (Å²) in [5.74, 6) is 0.285. The first-order valence-corrected chi connectivity index (χ1v) is 20.9. The van der Waals surface area contributed by atoms with Gasteiger partial charge in [-0.05, 0) is 69.6 Å². The molecule has 0 bridgehead atoms. The first kappa shape index (κ1) is 37.1. The monoisotopic (exact) mass is 771 g/mol. The fourth-order valence-electron chi connectivity index (χ4n) is 8.32. The molecule has 0 spiro atoms. The van der Waals surface area contributed by atoms with Crippen molar-refractivity contribution in [3.8, 4) is 56.0 Å². The number of rotatable bonds is 7. The Kier molecular flexibility index (Phi) is 9.58. The van der Waals surface area contributed by atoms with Crippen molar-refractivity contribution in [1.82, 2.24) is 15.0 Å². The van der Waals surface area contributed by atoms with Crippen LogP contribution in [-0.2, 0) is 5.41 Å². The van der Waals surface area contributed by atoms with Crippen molar-refractivity contribution in [3.63, 3.8) is 0 Å². The Balaban J connectivity index is 0.932. The number of nitrogens with zero attached hydrogens (tertiary/aromatic N) is 3. The summed E-state index contributed by atoms with van der Waals surface area (Å²) >= 11 is 0. The molecular formula is C57H45N3. The highest BCUT2D eigenvalue weighted by Crippen LogP contribution is 2.38. The summed E-state index contributed by atoms with van der Waals surface area (Å²) in [5.41, 5.74) is 17.5. The van der Waals surface area contributed by atoms with Crippen LogP contribution in [-0.4, -0.2) is 15.0 Å². The van der Waals surface area contributed by atoms with Crippen molar-refractivity contribution in [2.45, 2.75) is 38.5 Å². The molecule has 0 aliphatic heterocycles. The van der Waals surface area contributed by atoms with E-state index in [1.165, 1.54) is 39.0 Å². The van der Waals surface area contributed by atoms with Gasteiger partial charge in [-0.3, -0.25) is 0 Å². The first-order chi connectivity index (χ1) is 29.3. The Bertz CT molecular complexity index is 3050. The van der Waals surface area contributed by atoms with Gasteiger partial charge in [0.25, 0.3) is 0 Å². The second-order valence-corrected chi connectivity index (χ2v) is 16.8. The van der Waals surface area contributed by atoms with Crippen molar-refractivity contribution in [3.05, 3.63) is 217 Å². The van der Waals surface area contributed by atoms with E-state index in [2.05, 4.69) is 221 Å². The molecule has 0 radical (unpaired) electrons. The van der Waals surface area contributed by atoms with E-state index in [1.807, 2.05) is 0 Å². The molecule has 0 N–H and O–H groups in total. The lowest BCUT2D eigenvalue weighted by atomic mass is 9.87. The summed E-state index contributed by atoms with van der Waals surface area (Å²) in [6.07, 6.45) is 7.93. The van der Waals surface area contributed by atoms with Gasteiger partial charge in [0.1, 0.15) is 0 Å². The zero-order valence-corrected chi connectivity index (χ0v) is 34.2. The number of allylic oxidation sites excluding steroid dienone is 4. The Morgan fingerprint density at radius 2 is 1.00 bits per heavy atom. The molecule has 0 saturated heterocycles. The Morgan fingerprint density at radius 3 is 1.63 bits per heavy atom. The van der Waals surface area contributed by atoms with Gasteiger partial charge in [-0.1, -0.05) is 197 Å². The Morgan fingerprint density at radius 1 is 0.450 bits per heavy atom. The van der Waals surface area contributed by atoms with Gasteiger partial charge in [0.2, 0.25) is 0 Å². The molecule has 288 valence electrons. The molecule has 1 aliphatic rings. The number of hydrogen-bond donors (Lipinski definition) is 0. The Labute approximate surface area is 352 Å². The highest BCUT2D eigenvalue weighted by atomic mass is 14.8. The van der Waals surface area contributed by atoms with Gasteiger partial charge in [0.15, 0.2) is 0 Å². The summed E-state index contributed by atoms with van der Waals surface area (Å²) < 4.78 is 0. The quantitative estimate of drug-likeness (QED) is 0.151. The van der Waals surface area contributed by atoms with Crippen molar-refractivity contribution in [1.29, 1.82) is 0 Å².